The van der Waals surface area contributed by atoms with E-state index in [4.69, 9.17) is 0 Å². The van der Waals surface area contributed by atoms with Crippen molar-refractivity contribution in [3.8, 4) is 0 Å². The highest BCUT2D eigenvalue weighted by Crippen LogP contribution is 2.18. The second kappa shape index (κ2) is 7.18. The molecule has 1 aromatic heterocycles. The van der Waals surface area contributed by atoms with Crippen LogP contribution in [0.1, 0.15) is 31.7 Å². The Morgan fingerprint density at radius 2 is 2.09 bits per heavy atom. The number of rotatable bonds is 6. The number of amides is 1. The van der Waals surface area contributed by atoms with Crippen LogP contribution in [0.2, 0.25) is 0 Å². The molecule has 1 saturated heterocycles. The molecule has 1 aliphatic heterocycles. The van der Waals surface area contributed by atoms with Crippen molar-refractivity contribution >= 4 is 16.8 Å². The molecule has 1 aromatic carbocycles. The van der Waals surface area contributed by atoms with Gasteiger partial charge in [-0.25, -0.2) is 0 Å². The molecule has 2 aromatic rings. The zero-order valence-electron chi connectivity index (χ0n) is 14.3. The molecule has 0 aliphatic carbocycles. The van der Waals surface area contributed by atoms with E-state index in [0.29, 0.717) is 5.91 Å². The Morgan fingerprint density at radius 3 is 2.87 bits per heavy atom. The first-order valence-corrected chi connectivity index (χ1v) is 8.71. The van der Waals surface area contributed by atoms with Gasteiger partial charge in [0.25, 0.3) is 0 Å². The van der Waals surface area contributed by atoms with Crippen LogP contribution >= 0.6 is 0 Å². The van der Waals surface area contributed by atoms with Crippen molar-refractivity contribution in [2.45, 2.75) is 39.3 Å². The first kappa shape index (κ1) is 16.1. The third-order valence-electron chi connectivity index (χ3n) is 4.80. The minimum absolute atomic E-state index is 0.326. The summed E-state index contributed by atoms with van der Waals surface area (Å²) in [7, 11) is 2.13. The third-order valence-corrected chi connectivity index (χ3v) is 4.80. The third kappa shape index (κ3) is 3.75. The predicted molar refractivity (Wildman–Crippen MR) is 94.4 cm³/mol. The van der Waals surface area contributed by atoms with Crippen molar-refractivity contribution in [2.75, 3.05) is 26.7 Å². The molecule has 23 heavy (non-hydrogen) atoms. The van der Waals surface area contributed by atoms with Gasteiger partial charge in [-0.3, -0.25) is 4.79 Å². The summed E-state index contributed by atoms with van der Waals surface area (Å²) in [5, 5.41) is 1.31. The number of carbonyl (C=O) groups excluding carboxylic acids is 1. The van der Waals surface area contributed by atoms with E-state index in [1.165, 1.54) is 16.5 Å². The number of nitrogens with zero attached hydrogens (tertiary/aromatic N) is 3. The van der Waals surface area contributed by atoms with Gasteiger partial charge in [0.1, 0.15) is 0 Å². The highest BCUT2D eigenvalue weighted by molar-refractivity contribution is 5.80. The van der Waals surface area contributed by atoms with E-state index in [9.17, 15) is 4.79 Å². The normalized spacial score (nSPS) is 15.8. The van der Waals surface area contributed by atoms with Crippen molar-refractivity contribution in [1.29, 1.82) is 0 Å². The lowest BCUT2D eigenvalue weighted by atomic mass is 10.1. The molecule has 3 rings (SSSR count). The largest absolute Gasteiger partial charge is 0.348 e. The van der Waals surface area contributed by atoms with E-state index in [-0.39, 0.29) is 0 Å². The molecule has 124 valence electrons. The van der Waals surface area contributed by atoms with Crippen molar-refractivity contribution in [1.82, 2.24) is 14.4 Å². The number of likely N-dealkylation sites (N-methyl/N-ethyl adjacent to an activating group) is 1. The topological polar surface area (TPSA) is 28.5 Å². The molecule has 0 saturated carbocycles. The van der Waals surface area contributed by atoms with Crippen LogP contribution in [0.4, 0.5) is 0 Å². The molecule has 1 aliphatic rings. The Morgan fingerprint density at radius 1 is 1.22 bits per heavy atom. The van der Waals surface area contributed by atoms with Gasteiger partial charge < -0.3 is 14.4 Å². The summed E-state index contributed by atoms with van der Waals surface area (Å²) in [4.78, 5) is 16.2. The smallest absolute Gasteiger partial charge is 0.222 e. The van der Waals surface area contributed by atoms with Gasteiger partial charge in [0.2, 0.25) is 5.91 Å². The van der Waals surface area contributed by atoms with Crippen LogP contribution in [-0.2, 0) is 17.9 Å². The molecular formula is C19H27N3O. The fourth-order valence-corrected chi connectivity index (χ4v) is 3.40. The van der Waals surface area contributed by atoms with Gasteiger partial charge in [-0.15, -0.1) is 0 Å². The Bertz CT molecular complexity index is 676. The van der Waals surface area contributed by atoms with Crippen LogP contribution < -0.4 is 0 Å². The molecule has 0 N–H and O–H groups in total. The van der Waals surface area contributed by atoms with E-state index in [2.05, 4.69) is 53.9 Å². The second-order valence-corrected chi connectivity index (χ2v) is 6.57. The Balaban J connectivity index is 1.57. The highest BCUT2D eigenvalue weighted by Gasteiger charge is 2.17. The van der Waals surface area contributed by atoms with Gasteiger partial charge in [-0.2, -0.15) is 0 Å². The quantitative estimate of drug-likeness (QED) is 0.820. The summed E-state index contributed by atoms with van der Waals surface area (Å²) in [6.45, 7) is 6.82. The summed E-state index contributed by atoms with van der Waals surface area (Å²) in [6, 6.07) is 8.91. The zero-order valence-corrected chi connectivity index (χ0v) is 14.3. The van der Waals surface area contributed by atoms with Crippen molar-refractivity contribution in [3.05, 3.63) is 36.0 Å². The highest BCUT2D eigenvalue weighted by atomic mass is 16.2. The average Bonchev–Trinajstić information content (AvgIpc) is 2.96. The summed E-state index contributed by atoms with van der Waals surface area (Å²) in [6.07, 6.45) is 5.10. The summed E-state index contributed by atoms with van der Waals surface area (Å²) >= 11 is 0. The number of likely N-dealkylation sites (tertiary alicyclic amines) is 1. The number of hydrogen-bond donors (Lipinski definition) is 0. The Hall–Kier alpha value is -1.81. The summed E-state index contributed by atoms with van der Waals surface area (Å²) in [5.41, 5.74) is 2.64. The number of aryl methyl sites for hydroxylation is 1. The predicted octanol–water partition coefficient (Wildman–Crippen LogP) is 3.11. The number of piperidine rings is 1. The van der Waals surface area contributed by atoms with Gasteiger partial charge in [-0.1, -0.05) is 6.07 Å². The number of carbonyl (C=O) groups is 1. The maximum absolute atomic E-state index is 11.8. The SMILES string of the molecule is CCn1ccc2cc(CN(C)CCN3CCCCC3=O)ccc21. The fourth-order valence-electron chi connectivity index (χ4n) is 3.40. The molecule has 1 fully saturated rings. The molecule has 0 bridgehead atoms. The summed E-state index contributed by atoms with van der Waals surface area (Å²) in [5.74, 6) is 0.326. The van der Waals surface area contributed by atoms with Crippen molar-refractivity contribution in [3.63, 3.8) is 0 Å². The lowest BCUT2D eigenvalue weighted by Crippen LogP contribution is -2.40. The van der Waals surface area contributed by atoms with Gasteiger partial charge in [0.05, 0.1) is 0 Å². The molecular weight excluding hydrogens is 286 g/mol. The maximum atomic E-state index is 11.8. The van der Waals surface area contributed by atoms with Crippen LogP contribution in [0.15, 0.2) is 30.5 Å². The van der Waals surface area contributed by atoms with Crippen LogP contribution in [0.3, 0.4) is 0 Å². The minimum Gasteiger partial charge on any atom is -0.348 e. The van der Waals surface area contributed by atoms with Gasteiger partial charge >= 0.3 is 0 Å². The Kier molecular flexibility index (Phi) is 5.01. The van der Waals surface area contributed by atoms with E-state index in [1.807, 2.05) is 4.90 Å². The van der Waals surface area contributed by atoms with Crippen LogP contribution in [0.25, 0.3) is 10.9 Å². The van der Waals surface area contributed by atoms with Crippen LogP contribution in [0, 0.1) is 0 Å². The Labute approximate surface area is 138 Å². The lowest BCUT2D eigenvalue weighted by molar-refractivity contribution is -0.133. The zero-order chi connectivity index (χ0) is 16.2. The number of benzene rings is 1. The molecule has 0 unspecified atom stereocenters. The monoisotopic (exact) mass is 313 g/mol. The van der Waals surface area contributed by atoms with Crippen molar-refractivity contribution in [2.24, 2.45) is 0 Å². The first-order valence-electron chi connectivity index (χ1n) is 8.71. The minimum atomic E-state index is 0.326. The average molecular weight is 313 g/mol. The van der Waals surface area contributed by atoms with Gasteiger partial charge in [0.15, 0.2) is 0 Å². The van der Waals surface area contributed by atoms with Crippen LogP contribution in [-0.4, -0.2) is 47.0 Å². The second-order valence-electron chi connectivity index (χ2n) is 6.57. The standard InChI is InChI=1S/C19H27N3O/c1-3-21-11-9-17-14-16(7-8-18(17)21)15-20(2)12-13-22-10-5-4-6-19(22)23/h7-9,11,14H,3-6,10,12-13,15H2,1-2H3. The molecule has 1 amide bonds. The summed E-state index contributed by atoms with van der Waals surface area (Å²) < 4.78 is 2.27. The molecule has 0 spiro atoms. The number of hydrogen-bond acceptors (Lipinski definition) is 2. The molecule has 0 atom stereocenters. The van der Waals surface area contributed by atoms with Gasteiger partial charge in [-0.05, 0) is 56.0 Å². The van der Waals surface area contributed by atoms with Crippen LogP contribution in [0.5, 0.6) is 0 Å². The van der Waals surface area contributed by atoms with Crippen molar-refractivity contribution < 1.29 is 4.79 Å². The molecule has 2 heterocycles. The van der Waals surface area contributed by atoms with E-state index in [1.54, 1.807) is 0 Å². The molecule has 0 radical (unpaired) electrons. The molecule has 4 heteroatoms. The maximum Gasteiger partial charge on any atom is 0.222 e. The number of aromatic nitrogens is 1. The van der Waals surface area contributed by atoms with E-state index in [0.717, 1.165) is 52.0 Å². The lowest BCUT2D eigenvalue weighted by Gasteiger charge is -2.28. The van der Waals surface area contributed by atoms with E-state index >= 15 is 0 Å². The van der Waals surface area contributed by atoms with E-state index < -0.39 is 0 Å². The molecule has 4 nitrogen and oxygen atoms in total. The number of fused-ring (bicyclic) bond motifs is 1. The van der Waals surface area contributed by atoms with Gasteiger partial charge in [0, 0.05) is 50.9 Å². The fraction of sp³-hybridized carbons (Fsp3) is 0.526. The first-order chi connectivity index (χ1) is 11.2.